The van der Waals surface area contributed by atoms with Crippen molar-refractivity contribution in [3.05, 3.63) is 0 Å². The number of aliphatic carboxylic acids is 1. The molecule has 2 saturated heterocycles. The van der Waals surface area contributed by atoms with Crippen molar-refractivity contribution < 1.29 is 19.7 Å². The number of hydrogen-bond donors (Lipinski definition) is 2. The maximum absolute atomic E-state index is 11.0. The molecule has 2 fully saturated rings. The Labute approximate surface area is 95.0 Å². The molecule has 0 bridgehead atoms. The van der Waals surface area contributed by atoms with Crippen LogP contribution in [0, 0.1) is 5.92 Å². The van der Waals surface area contributed by atoms with Gasteiger partial charge in [-0.15, -0.1) is 0 Å². The summed E-state index contributed by atoms with van der Waals surface area (Å²) in [5.74, 6) is -0.301. The largest absolute Gasteiger partial charge is 0.480 e. The molecule has 0 aromatic carbocycles. The topological polar surface area (TPSA) is 70.0 Å². The van der Waals surface area contributed by atoms with Crippen LogP contribution in [-0.2, 0) is 9.53 Å². The Kier molecular flexibility index (Phi) is 3.78. The van der Waals surface area contributed by atoms with Crippen LogP contribution in [0.5, 0.6) is 0 Å². The molecule has 16 heavy (non-hydrogen) atoms. The van der Waals surface area contributed by atoms with Gasteiger partial charge in [0, 0.05) is 32.7 Å². The van der Waals surface area contributed by atoms with Gasteiger partial charge < -0.3 is 14.9 Å². The van der Waals surface area contributed by atoms with Crippen molar-refractivity contribution in [3.8, 4) is 0 Å². The monoisotopic (exact) mass is 229 g/mol. The van der Waals surface area contributed by atoms with E-state index in [9.17, 15) is 9.90 Å². The number of carbonyl (C=O) groups is 1. The second kappa shape index (κ2) is 5.12. The first-order valence-electron chi connectivity index (χ1n) is 5.89. The number of likely N-dealkylation sites (tertiary alicyclic amines) is 1. The SMILES string of the molecule is O=C(O)C1CC(O)CN1CC1CCOCC1. The van der Waals surface area contributed by atoms with Crippen molar-refractivity contribution in [1.29, 1.82) is 0 Å². The van der Waals surface area contributed by atoms with E-state index in [-0.39, 0.29) is 0 Å². The van der Waals surface area contributed by atoms with Crippen LogP contribution in [0.1, 0.15) is 19.3 Å². The van der Waals surface area contributed by atoms with Crippen LogP contribution in [0.15, 0.2) is 0 Å². The Bertz CT molecular complexity index is 252. The van der Waals surface area contributed by atoms with Gasteiger partial charge in [-0.1, -0.05) is 0 Å². The first-order chi connectivity index (χ1) is 7.66. The van der Waals surface area contributed by atoms with Crippen LogP contribution < -0.4 is 0 Å². The van der Waals surface area contributed by atoms with Crippen LogP contribution >= 0.6 is 0 Å². The smallest absolute Gasteiger partial charge is 0.321 e. The Balaban J connectivity index is 1.89. The summed E-state index contributed by atoms with van der Waals surface area (Å²) in [6.45, 7) is 2.82. The molecule has 2 atom stereocenters. The molecule has 0 radical (unpaired) electrons. The van der Waals surface area contributed by atoms with Crippen LogP contribution in [0.3, 0.4) is 0 Å². The molecule has 0 saturated carbocycles. The maximum Gasteiger partial charge on any atom is 0.321 e. The van der Waals surface area contributed by atoms with Crippen molar-refractivity contribution in [3.63, 3.8) is 0 Å². The standard InChI is InChI=1S/C11H19NO4/c13-9-5-10(11(14)15)12(7-9)6-8-1-3-16-4-2-8/h8-10,13H,1-7H2,(H,14,15). The quantitative estimate of drug-likeness (QED) is 0.709. The molecule has 5 heteroatoms. The Morgan fingerprint density at radius 1 is 1.38 bits per heavy atom. The molecule has 2 rings (SSSR count). The molecule has 0 amide bonds. The minimum absolute atomic E-state index is 0.360. The second-order valence-electron chi connectivity index (χ2n) is 4.75. The van der Waals surface area contributed by atoms with Gasteiger partial charge in [0.15, 0.2) is 0 Å². The zero-order valence-corrected chi connectivity index (χ0v) is 9.34. The highest BCUT2D eigenvalue weighted by Crippen LogP contribution is 2.23. The second-order valence-corrected chi connectivity index (χ2v) is 4.75. The summed E-state index contributed by atoms with van der Waals surface area (Å²) in [5, 5.41) is 18.6. The van der Waals surface area contributed by atoms with Crippen molar-refractivity contribution in [2.75, 3.05) is 26.3 Å². The van der Waals surface area contributed by atoms with Crippen LogP contribution in [0.2, 0.25) is 0 Å². The highest BCUT2D eigenvalue weighted by molar-refractivity contribution is 5.74. The highest BCUT2D eigenvalue weighted by Gasteiger charge is 2.36. The number of nitrogens with zero attached hydrogens (tertiary/aromatic N) is 1. The third-order valence-electron chi connectivity index (χ3n) is 3.50. The van der Waals surface area contributed by atoms with E-state index in [1.54, 1.807) is 0 Å². The van der Waals surface area contributed by atoms with Crippen molar-refractivity contribution in [1.82, 2.24) is 4.90 Å². The Hall–Kier alpha value is -0.650. The molecule has 2 aliphatic rings. The minimum Gasteiger partial charge on any atom is -0.480 e. The fraction of sp³-hybridized carbons (Fsp3) is 0.909. The summed E-state index contributed by atoms with van der Waals surface area (Å²) in [7, 11) is 0. The highest BCUT2D eigenvalue weighted by atomic mass is 16.5. The number of hydrogen-bond acceptors (Lipinski definition) is 4. The van der Waals surface area contributed by atoms with Gasteiger partial charge in [-0.25, -0.2) is 0 Å². The Morgan fingerprint density at radius 2 is 2.06 bits per heavy atom. The summed E-state index contributed by atoms with van der Waals surface area (Å²) in [6, 6.07) is -0.502. The van der Waals surface area contributed by atoms with E-state index in [1.807, 2.05) is 4.90 Å². The molecule has 92 valence electrons. The summed E-state index contributed by atoms with van der Waals surface area (Å²) >= 11 is 0. The van der Waals surface area contributed by atoms with E-state index in [0.29, 0.717) is 18.9 Å². The molecule has 5 nitrogen and oxygen atoms in total. The third-order valence-corrected chi connectivity index (χ3v) is 3.50. The third kappa shape index (κ3) is 2.72. The van der Waals surface area contributed by atoms with E-state index >= 15 is 0 Å². The molecular weight excluding hydrogens is 210 g/mol. The number of carboxylic acids is 1. The van der Waals surface area contributed by atoms with Gasteiger partial charge in [-0.05, 0) is 18.8 Å². The summed E-state index contributed by atoms with van der Waals surface area (Å²) in [4.78, 5) is 12.9. The van der Waals surface area contributed by atoms with Gasteiger partial charge >= 0.3 is 5.97 Å². The van der Waals surface area contributed by atoms with Gasteiger partial charge in [-0.3, -0.25) is 9.69 Å². The van der Waals surface area contributed by atoms with Crippen LogP contribution in [0.4, 0.5) is 0 Å². The number of aliphatic hydroxyl groups excluding tert-OH is 1. The number of β-amino-alcohol motifs (C(OH)–C–C–N with tert-alkyl or cyclic N) is 1. The van der Waals surface area contributed by atoms with E-state index in [2.05, 4.69) is 0 Å². The molecule has 0 aromatic heterocycles. The molecule has 0 spiro atoms. The van der Waals surface area contributed by atoms with Gasteiger partial charge in [0.2, 0.25) is 0 Å². The predicted molar refractivity (Wildman–Crippen MR) is 57.2 cm³/mol. The average molecular weight is 229 g/mol. The summed E-state index contributed by atoms with van der Waals surface area (Å²) in [6.07, 6.45) is 1.87. The van der Waals surface area contributed by atoms with Gasteiger partial charge in [0.1, 0.15) is 6.04 Å². The summed E-state index contributed by atoms with van der Waals surface area (Å²) < 4.78 is 5.28. The van der Waals surface area contributed by atoms with Gasteiger partial charge in [0.25, 0.3) is 0 Å². The molecule has 2 aliphatic heterocycles. The van der Waals surface area contributed by atoms with Crippen LogP contribution in [0.25, 0.3) is 0 Å². The molecule has 2 heterocycles. The van der Waals surface area contributed by atoms with Gasteiger partial charge in [-0.2, -0.15) is 0 Å². The lowest BCUT2D eigenvalue weighted by molar-refractivity contribution is -0.142. The van der Waals surface area contributed by atoms with Crippen LogP contribution in [-0.4, -0.2) is 59.5 Å². The Morgan fingerprint density at radius 3 is 2.69 bits per heavy atom. The summed E-state index contributed by atoms with van der Waals surface area (Å²) in [5.41, 5.74) is 0. The maximum atomic E-state index is 11.0. The van der Waals surface area contributed by atoms with Crippen molar-refractivity contribution in [2.24, 2.45) is 5.92 Å². The van der Waals surface area contributed by atoms with Gasteiger partial charge in [0.05, 0.1) is 6.10 Å². The first kappa shape index (κ1) is 11.8. The van der Waals surface area contributed by atoms with E-state index < -0.39 is 18.1 Å². The van der Waals surface area contributed by atoms with Crippen molar-refractivity contribution in [2.45, 2.75) is 31.4 Å². The zero-order valence-electron chi connectivity index (χ0n) is 9.34. The van der Waals surface area contributed by atoms with Crippen molar-refractivity contribution >= 4 is 5.97 Å². The molecule has 0 aliphatic carbocycles. The zero-order chi connectivity index (χ0) is 11.5. The lowest BCUT2D eigenvalue weighted by Crippen LogP contribution is -2.40. The lowest BCUT2D eigenvalue weighted by Gasteiger charge is -2.29. The number of rotatable bonds is 3. The molecule has 2 unspecified atom stereocenters. The fourth-order valence-corrected chi connectivity index (χ4v) is 2.60. The first-order valence-corrected chi connectivity index (χ1v) is 5.89. The molecule has 0 aromatic rings. The average Bonchev–Trinajstić information content (AvgIpc) is 2.61. The lowest BCUT2D eigenvalue weighted by atomic mass is 9.99. The molecular formula is C11H19NO4. The number of carboxylic acid groups (broad SMARTS) is 1. The fourth-order valence-electron chi connectivity index (χ4n) is 2.60. The predicted octanol–water partition coefficient (Wildman–Crippen LogP) is -0.0672. The minimum atomic E-state index is -0.816. The number of ether oxygens (including phenoxy) is 1. The molecule has 2 N–H and O–H groups in total. The van der Waals surface area contributed by atoms with E-state index in [1.165, 1.54) is 0 Å². The van der Waals surface area contributed by atoms with E-state index in [4.69, 9.17) is 9.84 Å². The normalized spacial score (nSPS) is 33.1. The van der Waals surface area contributed by atoms with E-state index in [0.717, 1.165) is 32.6 Å². The number of aliphatic hydroxyl groups is 1.